The quantitative estimate of drug-likeness (QED) is 0.783. The maximum atomic E-state index is 11.6. The monoisotopic (exact) mass is 311 g/mol. The van der Waals surface area contributed by atoms with Crippen LogP contribution in [0.1, 0.15) is 13.8 Å². The van der Waals surface area contributed by atoms with Gasteiger partial charge in [0.1, 0.15) is 0 Å². The molecule has 1 aromatic rings. The van der Waals surface area contributed by atoms with Crippen molar-refractivity contribution in [3.05, 3.63) is 21.9 Å². The Labute approximate surface area is 91.6 Å². The van der Waals surface area contributed by atoms with E-state index in [-0.39, 0.29) is 5.03 Å². The van der Waals surface area contributed by atoms with E-state index in [1.807, 2.05) is 0 Å². The van der Waals surface area contributed by atoms with Crippen molar-refractivity contribution < 1.29 is 8.42 Å². The number of nitrogens with zero attached hydrogens (tertiary/aromatic N) is 1. The molecule has 13 heavy (non-hydrogen) atoms. The number of aromatic nitrogens is 1. The van der Waals surface area contributed by atoms with Crippen LogP contribution in [0.5, 0.6) is 0 Å². The second-order valence-electron chi connectivity index (χ2n) is 2.91. The van der Waals surface area contributed by atoms with E-state index in [0.29, 0.717) is 0 Å². The Kier molecular flexibility index (Phi) is 3.28. The van der Waals surface area contributed by atoms with Crippen LogP contribution in [0.2, 0.25) is 0 Å². The Balaban J connectivity index is 3.17. The highest BCUT2D eigenvalue weighted by molar-refractivity contribution is 14.1. The van der Waals surface area contributed by atoms with Crippen LogP contribution in [0.25, 0.3) is 0 Å². The molecule has 0 aliphatic heterocycles. The van der Waals surface area contributed by atoms with Crippen molar-refractivity contribution in [2.45, 2.75) is 24.1 Å². The fourth-order valence-corrected chi connectivity index (χ4v) is 2.03. The van der Waals surface area contributed by atoms with Crippen LogP contribution in [-0.2, 0) is 9.84 Å². The molecular formula is C8H10INO2S. The lowest BCUT2D eigenvalue weighted by atomic mass is 10.5. The van der Waals surface area contributed by atoms with Crippen LogP contribution in [0.15, 0.2) is 23.4 Å². The van der Waals surface area contributed by atoms with Gasteiger partial charge in [-0.05, 0) is 48.6 Å². The van der Waals surface area contributed by atoms with E-state index in [2.05, 4.69) is 27.6 Å². The number of sulfone groups is 1. The van der Waals surface area contributed by atoms with Crippen LogP contribution < -0.4 is 0 Å². The van der Waals surface area contributed by atoms with Gasteiger partial charge in [0.25, 0.3) is 0 Å². The third-order valence-electron chi connectivity index (χ3n) is 1.61. The molecule has 0 aromatic carbocycles. The molecule has 3 nitrogen and oxygen atoms in total. The van der Waals surface area contributed by atoms with Gasteiger partial charge in [-0.3, -0.25) is 0 Å². The van der Waals surface area contributed by atoms with Crippen molar-refractivity contribution in [2.75, 3.05) is 0 Å². The van der Waals surface area contributed by atoms with Gasteiger partial charge in [-0.25, -0.2) is 13.4 Å². The molecule has 5 heteroatoms. The average Bonchev–Trinajstić information content (AvgIpc) is 2.04. The van der Waals surface area contributed by atoms with E-state index in [1.54, 1.807) is 26.1 Å². The summed E-state index contributed by atoms with van der Waals surface area (Å²) in [4.78, 5) is 3.88. The maximum Gasteiger partial charge on any atom is 0.197 e. The third-order valence-corrected chi connectivity index (χ3v) is 4.32. The molecule has 0 amide bonds. The van der Waals surface area contributed by atoms with Crippen LogP contribution in [-0.4, -0.2) is 18.7 Å². The summed E-state index contributed by atoms with van der Waals surface area (Å²) in [6.45, 7) is 3.30. The molecule has 0 aliphatic carbocycles. The number of rotatable bonds is 2. The summed E-state index contributed by atoms with van der Waals surface area (Å²) in [6, 6.07) is 3.28. The number of hydrogen-bond acceptors (Lipinski definition) is 3. The first-order chi connectivity index (χ1) is 5.94. The smallest absolute Gasteiger partial charge is 0.197 e. The van der Waals surface area contributed by atoms with Crippen LogP contribution in [0.4, 0.5) is 0 Å². The van der Waals surface area contributed by atoms with Crippen LogP contribution in [0, 0.1) is 3.57 Å². The standard InChI is InChI=1S/C8H10INO2S/c1-6(2)13(11,12)8-4-3-7(9)5-10-8/h3-6H,1-2H3. The lowest BCUT2D eigenvalue weighted by molar-refractivity contribution is 0.583. The summed E-state index contributed by atoms with van der Waals surface area (Å²) in [5, 5.41) is -0.261. The molecule has 0 saturated carbocycles. The molecule has 0 bridgehead atoms. The van der Waals surface area contributed by atoms with Gasteiger partial charge in [0.05, 0.1) is 5.25 Å². The van der Waals surface area contributed by atoms with Crippen molar-refractivity contribution in [1.82, 2.24) is 4.98 Å². The minimum atomic E-state index is -3.21. The minimum Gasteiger partial charge on any atom is -0.244 e. The first-order valence-corrected chi connectivity index (χ1v) is 6.42. The van der Waals surface area contributed by atoms with Crippen molar-refractivity contribution >= 4 is 32.4 Å². The van der Waals surface area contributed by atoms with E-state index >= 15 is 0 Å². The van der Waals surface area contributed by atoms with Crippen LogP contribution >= 0.6 is 22.6 Å². The van der Waals surface area contributed by atoms with E-state index in [4.69, 9.17) is 0 Å². The van der Waals surface area contributed by atoms with Gasteiger partial charge >= 0.3 is 0 Å². The molecule has 1 rings (SSSR count). The normalized spacial score (nSPS) is 12.0. The fraction of sp³-hybridized carbons (Fsp3) is 0.375. The first kappa shape index (κ1) is 10.9. The van der Waals surface area contributed by atoms with Gasteiger partial charge < -0.3 is 0 Å². The highest BCUT2D eigenvalue weighted by atomic mass is 127. The summed E-state index contributed by atoms with van der Waals surface area (Å²) in [7, 11) is -3.21. The molecule has 72 valence electrons. The number of pyridine rings is 1. The van der Waals surface area contributed by atoms with E-state index in [1.165, 1.54) is 6.07 Å². The first-order valence-electron chi connectivity index (χ1n) is 3.80. The molecule has 0 fully saturated rings. The van der Waals surface area contributed by atoms with Gasteiger partial charge in [0.2, 0.25) is 0 Å². The summed E-state index contributed by atoms with van der Waals surface area (Å²) >= 11 is 2.08. The Bertz CT molecular complexity index is 383. The molecule has 0 unspecified atom stereocenters. The largest absolute Gasteiger partial charge is 0.244 e. The van der Waals surface area contributed by atoms with Gasteiger partial charge in [-0.2, -0.15) is 0 Å². The number of halogens is 1. The van der Waals surface area contributed by atoms with Crippen molar-refractivity contribution in [3.8, 4) is 0 Å². The highest BCUT2D eigenvalue weighted by Gasteiger charge is 2.19. The zero-order valence-electron chi connectivity index (χ0n) is 7.36. The third kappa shape index (κ3) is 2.40. The predicted octanol–water partition coefficient (Wildman–Crippen LogP) is 1.87. The Morgan fingerprint density at radius 2 is 2.00 bits per heavy atom. The lowest BCUT2D eigenvalue weighted by Gasteiger charge is -2.05. The molecule has 0 spiro atoms. The summed E-state index contributed by atoms with van der Waals surface area (Å²) in [5.74, 6) is 0. The topological polar surface area (TPSA) is 47.0 Å². The Hall–Kier alpha value is -0.170. The fourth-order valence-electron chi connectivity index (χ4n) is 0.772. The maximum absolute atomic E-state index is 11.6. The SMILES string of the molecule is CC(C)S(=O)(=O)c1ccc(I)cn1. The van der Waals surface area contributed by atoms with Gasteiger partial charge in [-0.1, -0.05) is 0 Å². The lowest BCUT2D eigenvalue weighted by Crippen LogP contribution is -2.15. The molecule has 1 aromatic heterocycles. The average molecular weight is 311 g/mol. The predicted molar refractivity (Wildman–Crippen MR) is 59.3 cm³/mol. The van der Waals surface area contributed by atoms with Gasteiger partial charge in [-0.15, -0.1) is 0 Å². The summed E-state index contributed by atoms with van der Waals surface area (Å²) < 4.78 is 24.1. The molecule has 1 heterocycles. The van der Waals surface area contributed by atoms with E-state index in [9.17, 15) is 8.42 Å². The van der Waals surface area contributed by atoms with Crippen molar-refractivity contribution in [2.24, 2.45) is 0 Å². The van der Waals surface area contributed by atoms with Crippen LogP contribution in [0.3, 0.4) is 0 Å². The second kappa shape index (κ2) is 3.91. The molecule has 0 atom stereocenters. The summed E-state index contributed by atoms with van der Waals surface area (Å²) in [5.41, 5.74) is 0. The van der Waals surface area contributed by atoms with Gasteiger partial charge in [0.15, 0.2) is 14.9 Å². The molecule has 0 radical (unpaired) electrons. The zero-order chi connectivity index (χ0) is 10.1. The minimum absolute atomic E-state index is 0.155. The zero-order valence-corrected chi connectivity index (χ0v) is 10.3. The van der Waals surface area contributed by atoms with E-state index in [0.717, 1.165) is 3.57 Å². The Morgan fingerprint density at radius 1 is 1.38 bits per heavy atom. The van der Waals surface area contributed by atoms with E-state index < -0.39 is 15.1 Å². The molecule has 0 aliphatic rings. The summed E-state index contributed by atoms with van der Waals surface area (Å²) in [6.07, 6.45) is 1.55. The number of hydrogen-bond donors (Lipinski definition) is 0. The second-order valence-corrected chi connectivity index (χ2v) is 6.61. The molecular weight excluding hydrogens is 301 g/mol. The highest BCUT2D eigenvalue weighted by Crippen LogP contribution is 2.13. The van der Waals surface area contributed by atoms with Gasteiger partial charge in [0, 0.05) is 9.77 Å². The Morgan fingerprint density at radius 3 is 2.38 bits per heavy atom. The van der Waals surface area contributed by atoms with Crippen molar-refractivity contribution in [3.63, 3.8) is 0 Å². The molecule has 0 N–H and O–H groups in total. The van der Waals surface area contributed by atoms with Crippen molar-refractivity contribution in [1.29, 1.82) is 0 Å². The molecule has 0 saturated heterocycles.